The normalized spacial score (nSPS) is 12.3. The Labute approximate surface area is 114 Å². The number of ether oxygens (including phenoxy) is 1. The Morgan fingerprint density at radius 3 is 3.16 bits per heavy atom. The van der Waals surface area contributed by atoms with Gasteiger partial charge in [-0.25, -0.2) is 0 Å². The van der Waals surface area contributed by atoms with Crippen molar-refractivity contribution >= 4 is 17.2 Å². The zero-order valence-electron chi connectivity index (χ0n) is 10.6. The van der Waals surface area contributed by atoms with Crippen LogP contribution in [0.2, 0.25) is 0 Å². The van der Waals surface area contributed by atoms with Gasteiger partial charge in [0, 0.05) is 13.5 Å². The van der Waals surface area contributed by atoms with Gasteiger partial charge in [0.1, 0.15) is 10.9 Å². The number of hydrogen-bond donors (Lipinski definition) is 1. The van der Waals surface area contributed by atoms with E-state index in [9.17, 15) is 4.79 Å². The summed E-state index contributed by atoms with van der Waals surface area (Å²) in [5, 5.41) is 6.59. The number of rotatable bonds is 6. The molecule has 0 saturated carbocycles. The predicted octanol–water partition coefficient (Wildman–Crippen LogP) is 1.21. The van der Waals surface area contributed by atoms with Crippen molar-refractivity contribution in [2.75, 3.05) is 13.7 Å². The highest BCUT2D eigenvalue weighted by Gasteiger charge is 2.18. The van der Waals surface area contributed by atoms with Gasteiger partial charge in [-0.15, -0.1) is 11.3 Å². The van der Waals surface area contributed by atoms with Crippen LogP contribution in [-0.4, -0.2) is 34.7 Å². The lowest BCUT2D eigenvalue weighted by molar-refractivity contribution is 0.0936. The number of carbonyl (C=O) groups excluding carboxylic acids is 1. The number of thiazole rings is 1. The lowest BCUT2D eigenvalue weighted by atomic mass is 10.3. The molecule has 0 bridgehead atoms. The van der Waals surface area contributed by atoms with Crippen molar-refractivity contribution in [3.63, 3.8) is 0 Å². The number of methoxy groups -OCH3 is 1. The average Bonchev–Trinajstić information content (AvgIpc) is 3.07. The summed E-state index contributed by atoms with van der Waals surface area (Å²) in [7, 11) is 1.61. The van der Waals surface area contributed by atoms with E-state index in [1.165, 1.54) is 17.5 Å². The van der Waals surface area contributed by atoms with Gasteiger partial charge in [0.2, 0.25) is 5.89 Å². The highest BCUT2D eigenvalue weighted by Crippen LogP contribution is 2.12. The van der Waals surface area contributed by atoms with Gasteiger partial charge in [0.05, 0.1) is 18.3 Å². The van der Waals surface area contributed by atoms with Crippen LogP contribution < -0.4 is 5.32 Å². The van der Waals surface area contributed by atoms with Crippen LogP contribution in [0.25, 0.3) is 0 Å². The molecular weight excluding hydrogens is 268 g/mol. The molecule has 0 fully saturated rings. The number of amides is 1. The molecule has 0 aromatic carbocycles. The molecule has 7 nitrogen and oxygen atoms in total. The zero-order chi connectivity index (χ0) is 13.7. The molecule has 0 spiro atoms. The van der Waals surface area contributed by atoms with Gasteiger partial charge in [0.25, 0.3) is 5.91 Å². The number of nitrogens with zero attached hydrogens (tertiary/aromatic N) is 3. The van der Waals surface area contributed by atoms with E-state index < -0.39 is 0 Å². The van der Waals surface area contributed by atoms with Crippen LogP contribution >= 0.6 is 11.3 Å². The third-order valence-corrected chi connectivity index (χ3v) is 3.16. The summed E-state index contributed by atoms with van der Waals surface area (Å²) >= 11 is 1.28. The summed E-state index contributed by atoms with van der Waals surface area (Å²) in [5.74, 6) is 0.742. The minimum atomic E-state index is -0.349. The summed E-state index contributed by atoms with van der Waals surface area (Å²) in [6.07, 6.45) is 2.10. The molecule has 0 radical (unpaired) electrons. The smallest absolute Gasteiger partial charge is 0.263 e. The lowest BCUT2D eigenvalue weighted by Crippen LogP contribution is -2.26. The molecule has 0 saturated heterocycles. The highest BCUT2D eigenvalue weighted by molar-refractivity contribution is 7.11. The van der Waals surface area contributed by atoms with Gasteiger partial charge in [-0.05, 0) is 6.92 Å². The second-order valence-corrected chi connectivity index (χ2v) is 4.74. The molecule has 2 rings (SSSR count). The molecule has 19 heavy (non-hydrogen) atoms. The van der Waals surface area contributed by atoms with Gasteiger partial charge in [-0.1, -0.05) is 5.16 Å². The van der Waals surface area contributed by atoms with E-state index in [0.29, 0.717) is 29.6 Å². The molecular formula is C11H14N4O3S. The van der Waals surface area contributed by atoms with Gasteiger partial charge in [-0.3, -0.25) is 9.78 Å². The number of aromatic nitrogens is 3. The Hall–Kier alpha value is -1.80. The van der Waals surface area contributed by atoms with Crippen molar-refractivity contribution in [3.05, 3.63) is 28.3 Å². The van der Waals surface area contributed by atoms with Gasteiger partial charge in [-0.2, -0.15) is 4.98 Å². The first-order valence-corrected chi connectivity index (χ1v) is 6.59. The quantitative estimate of drug-likeness (QED) is 0.856. The number of hydrogen-bond acceptors (Lipinski definition) is 7. The summed E-state index contributed by atoms with van der Waals surface area (Å²) < 4.78 is 10.0. The Bertz CT molecular complexity index is 526. The van der Waals surface area contributed by atoms with E-state index in [-0.39, 0.29) is 11.9 Å². The summed E-state index contributed by atoms with van der Waals surface area (Å²) in [5.41, 5.74) is 1.61. The molecule has 1 N–H and O–H groups in total. The van der Waals surface area contributed by atoms with Gasteiger partial charge in [0.15, 0.2) is 5.82 Å². The van der Waals surface area contributed by atoms with Crippen molar-refractivity contribution in [1.82, 2.24) is 20.4 Å². The molecule has 1 amide bonds. The predicted molar refractivity (Wildman–Crippen MR) is 67.9 cm³/mol. The first-order valence-electron chi connectivity index (χ1n) is 5.71. The summed E-state index contributed by atoms with van der Waals surface area (Å²) in [6, 6.07) is -0.349. The maximum Gasteiger partial charge on any atom is 0.263 e. The second-order valence-electron chi connectivity index (χ2n) is 3.85. The Balaban J connectivity index is 1.94. The Morgan fingerprint density at radius 2 is 2.47 bits per heavy atom. The fraction of sp³-hybridized carbons (Fsp3) is 0.455. The minimum absolute atomic E-state index is 0.202. The first kappa shape index (κ1) is 13.6. The molecule has 8 heteroatoms. The molecule has 2 heterocycles. The summed E-state index contributed by atoms with van der Waals surface area (Å²) in [6.45, 7) is 2.31. The van der Waals surface area contributed by atoms with Crippen molar-refractivity contribution in [2.45, 2.75) is 19.4 Å². The van der Waals surface area contributed by atoms with Crippen LogP contribution in [0.1, 0.15) is 34.4 Å². The minimum Gasteiger partial charge on any atom is -0.384 e. The molecule has 0 unspecified atom stereocenters. The van der Waals surface area contributed by atoms with E-state index >= 15 is 0 Å². The van der Waals surface area contributed by atoms with Crippen LogP contribution in [-0.2, 0) is 11.2 Å². The largest absolute Gasteiger partial charge is 0.384 e. The van der Waals surface area contributed by atoms with Crippen LogP contribution in [0.3, 0.4) is 0 Å². The van der Waals surface area contributed by atoms with E-state index in [2.05, 4.69) is 20.4 Å². The van der Waals surface area contributed by atoms with E-state index in [1.54, 1.807) is 19.5 Å². The van der Waals surface area contributed by atoms with E-state index in [0.717, 1.165) is 0 Å². The molecule has 2 aromatic heterocycles. The maximum absolute atomic E-state index is 11.8. The Morgan fingerprint density at radius 1 is 1.63 bits per heavy atom. The van der Waals surface area contributed by atoms with Crippen LogP contribution in [0.15, 0.2) is 16.2 Å². The first-order chi connectivity index (χ1) is 9.20. The third-order valence-electron chi connectivity index (χ3n) is 2.39. The SMILES string of the molecule is COCCc1noc([C@@H](C)NC(=O)c2cncs2)n1. The molecule has 2 aromatic rings. The van der Waals surface area contributed by atoms with E-state index in [1.807, 2.05) is 0 Å². The van der Waals surface area contributed by atoms with Crippen molar-refractivity contribution < 1.29 is 14.1 Å². The molecule has 0 aliphatic heterocycles. The van der Waals surface area contributed by atoms with Crippen LogP contribution in [0.5, 0.6) is 0 Å². The lowest BCUT2D eigenvalue weighted by Gasteiger charge is -2.07. The fourth-order valence-electron chi connectivity index (χ4n) is 1.40. The van der Waals surface area contributed by atoms with Crippen LogP contribution in [0.4, 0.5) is 0 Å². The molecule has 102 valence electrons. The van der Waals surface area contributed by atoms with Crippen molar-refractivity contribution in [2.24, 2.45) is 0 Å². The monoisotopic (exact) mass is 282 g/mol. The van der Waals surface area contributed by atoms with Crippen LogP contribution in [0, 0.1) is 0 Å². The maximum atomic E-state index is 11.8. The zero-order valence-corrected chi connectivity index (χ0v) is 11.4. The van der Waals surface area contributed by atoms with Crippen molar-refractivity contribution in [1.29, 1.82) is 0 Å². The highest BCUT2D eigenvalue weighted by atomic mass is 32.1. The topological polar surface area (TPSA) is 90.1 Å². The molecule has 0 aliphatic carbocycles. The third kappa shape index (κ3) is 3.58. The number of nitrogens with one attached hydrogen (secondary N) is 1. The molecule has 1 atom stereocenters. The van der Waals surface area contributed by atoms with Crippen molar-refractivity contribution in [3.8, 4) is 0 Å². The Kier molecular flexibility index (Phi) is 4.58. The number of carbonyl (C=O) groups is 1. The molecule has 0 aliphatic rings. The fourth-order valence-corrected chi connectivity index (χ4v) is 1.92. The second kappa shape index (κ2) is 6.39. The standard InChI is InChI=1S/C11H14N4O3S/c1-7(13-10(16)8-5-12-6-19-8)11-14-9(15-18-11)3-4-17-2/h5-7H,3-4H2,1-2H3,(H,13,16)/t7-/m1/s1. The van der Waals surface area contributed by atoms with Gasteiger partial charge < -0.3 is 14.6 Å². The van der Waals surface area contributed by atoms with Gasteiger partial charge >= 0.3 is 0 Å². The summed E-state index contributed by atoms with van der Waals surface area (Å²) in [4.78, 5) is 20.4. The average molecular weight is 282 g/mol. The van der Waals surface area contributed by atoms with E-state index in [4.69, 9.17) is 9.26 Å².